The van der Waals surface area contributed by atoms with E-state index in [0.717, 1.165) is 18.8 Å². The fourth-order valence-corrected chi connectivity index (χ4v) is 2.53. The molecule has 2 N–H and O–H groups in total. The van der Waals surface area contributed by atoms with Gasteiger partial charge in [-0.1, -0.05) is 19.1 Å². The molecule has 0 saturated carbocycles. The fraction of sp³-hybridized carbons (Fsp3) is 0.778. The average molecular weight is 232 g/mol. The van der Waals surface area contributed by atoms with Crippen LogP contribution in [0.3, 0.4) is 0 Å². The Morgan fingerprint density at radius 3 is 2.86 bits per heavy atom. The van der Waals surface area contributed by atoms with Gasteiger partial charge in [0.2, 0.25) is 5.91 Å². The van der Waals surface area contributed by atoms with Crippen molar-refractivity contribution in [2.75, 3.05) is 18.8 Å². The van der Waals surface area contributed by atoms with Crippen molar-refractivity contribution in [2.45, 2.75) is 19.1 Å². The fourth-order valence-electron chi connectivity index (χ4n) is 1.41. The Labute approximate surface area is 94.4 Å². The first-order chi connectivity index (χ1) is 6.52. The Hall–Kier alpha value is -0.290. The van der Waals surface area contributed by atoms with Crippen LogP contribution in [0.4, 0.5) is 0 Å². The first kappa shape index (κ1) is 11.8. The maximum absolute atomic E-state index is 11.8. The van der Waals surface area contributed by atoms with Gasteiger partial charge in [0.05, 0.1) is 10.9 Å². The van der Waals surface area contributed by atoms with E-state index in [4.69, 9.17) is 18.0 Å². The number of hydrogen-bond acceptors (Lipinski definition) is 3. The largest absolute Gasteiger partial charge is 0.393 e. The summed E-state index contributed by atoms with van der Waals surface area (Å²) < 4.78 is 0. The SMILES string of the molecule is CC1CN(C(=O)C(C)C(N)=S)CCS1. The summed E-state index contributed by atoms with van der Waals surface area (Å²) in [6.45, 7) is 5.55. The molecule has 1 amide bonds. The average Bonchev–Trinajstić information content (AvgIpc) is 2.15. The summed E-state index contributed by atoms with van der Waals surface area (Å²) in [5, 5.41) is 0.520. The Morgan fingerprint density at radius 2 is 2.36 bits per heavy atom. The van der Waals surface area contributed by atoms with Crippen LogP contribution in [0.25, 0.3) is 0 Å². The Bertz CT molecular complexity index is 245. The maximum Gasteiger partial charge on any atom is 0.232 e. The summed E-state index contributed by atoms with van der Waals surface area (Å²) in [4.78, 5) is 14.0. The molecule has 2 unspecified atom stereocenters. The predicted molar refractivity (Wildman–Crippen MR) is 64.4 cm³/mol. The van der Waals surface area contributed by atoms with Crippen LogP contribution in [0.2, 0.25) is 0 Å². The molecule has 0 spiro atoms. The number of carbonyl (C=O) groups excluding carboxylic acids is 1. The molecule has 1 aliphatic rings. The molecule has 1 saturated heterocycles. The van der Waals surface area contributed by atoms with Gasteiger partial charge in [0.25, 0.3) is 0 Å². The first-order valence-corrected chi connectivity index (χ1v) is 6.17. The molecule has 3 nitrogen and oxygen atoms in total. The number of hydrogen-bond donors (Lipinski definition) is 1. The van der Waals surface area contributed by atoms with Crippen LogP contribution in [-0.4, -0.2) is 39.9 Å². The van der Waals surface area contributed by atoms with Crippen molar-refractivity contribution >= 4 is 34.9 Å². The van der Waals surface area contributed by atoms with Crippen LogP contribution in [0.5, 0.6) is 0 Å². The van der Waals surface area contributed by atoms with Crippen LogP contribution in [0, 0.1) is 5.92 Å². The number of amides is 1. The normalized spacial score (nSPS) is 24.4. The van der Waals surface area contributed by atoms with Gasteiger partial charge in [-0.15, -0.1) is 0 Å². The van der Waals surface area contributed by atoms with Crippen molar-refractivity contribution < 1.29 is 4.79 Å². The van der Waals surface area contributed by atoms with Crippen molar-refractivity contribution in [2.24, 2.45) is 11.7 Å². The van der Waals surface area contributed by atoms with E-state index < -0.39 is 0 Å². The first-order valence-electron chi connectivity index (χ1n) is 4.72. The highest BCUT2D eigenvalue weighted by Gasteiger charge is 2.26. The van der Waals surface area contributed by atoms with E-state index in [9.17, 15) is 4.79 Å². The van der Waals surface area contributed by atoms with Crippen molar-refractivity contribution in [3.05, 3.63) is 0 Å². The standard InChI is InChI=1S/C9H16N2OS2/c1-6-5-11(3-4-14-6)9(12)7(2)8(10)13/h6-7H,3-5H2,1-2H3,(H2,10,13). The van der Waals surface area contributed by atoms with Gasteiger partial charge in [-0.3, -0.25) is 4.79 Å². The highest BCUT2D eigenvalue weighted by molar-refractivity contribution is 7.99. The van der Waals surface area contributed by atoms with Gasteiger partial charge in [-0.05, 0) is 6.92 Å². The van der Waals surface area contributed by atoms with E-state index in [1.54, 1.807) is 6.92 Å². The topological polar surface area (TPSA) is 46.3 Å². The molecule has 80 valence electrons. The monoisotopic (exact) mass is 232 g/mol. The smallest absolute Gasteiger partial charge is 0.232 e. The van der Waals surface area contributed by atoms with Crippen molar-refractivity contribution in [3.8, 4) is 0 Å². The van der Waals surface area contributed by atoms with E-state index in [1.807, 2.05) is 16.7 Å². The molecular formula is C9H16N2OS2. The highest BCUT2D eigenvalue weighted by atomic mass is 32.2. The van der Waals surface area contributed by atoms with Crippen molar-refractivity contribution in [1.82, 2.24) is 4.90 Å². The van der Waals surface area contributed by atoms with Gasteiger partial charge in [0, 0.05) is 24.1 Å². The zero-order chi connectivity index (χ0) is 10.7. The summed E-state index contributed by atoms with van der Waals surface area (Å²) >= 11 is 6.72. The molecule has 0 bridgehead atoms. The third-order valence-electron chi connectivity index (χ3n) is 2.35. The number of thioether (sulfide) groups is 1. The minimum absolute atomic E-state index is 0.0738. The molecule has 0 aliphatic carbocycles. The number of rotatable bonds is 2. The quantitative estimate of drug-likeness (QED) is 0.718. The summed E-state index contributed by atoms with van der Waals surface area (Å²) in [6.07, 6.45) is 0. The van der Waals surface area contributed by atoms with Crippen LogP contribution in [0.15, 0.2) is 0 Å². The third kappa shape index (κ3) is 2.85. The lowest BCUT2D eigenvalue weighted by Gasteiger charge is -2.32. The minimum Gasteiger partial charge on any atom is -0.393 e. The zero-order valence-corrected chi connectivity index (χ0v) is 10.2. The van der Waals surface area contributed by atoms with E-state index in [1.165, 1.54) is 0 Å². The molecule has 0 aromatic carbocycles. The summed E-state index contributed by atoms with van der Waals surface area (Å²) in [7, 11) is 0. The predicted octanol–water partition coefficient (Wildman–Crippen LogP) is 0.873. The van der Waals surface area contributed by atoms with Crippen LogP contribution in [0.1, 0.15) is 13.8 Å². The molecule has 0 aromatic rings. The van der Waals surface area contributed by atoms with Crippen LogP contribution >= 0.6 is 24.0 Å². The number of nitrogens with two attached hydrogens (primary N) is 1. The summed E-state index contributed by atoms with van der Waals surface area (Å²) in [5.74, 6) is 0.765. The molecule has 5 heteroatoms. The molecular weight excluding hydrogens is 216 g/mol. The van der Waals surface area contributed by atoms with Crippen molar-refractivity contribution in [3.63, 3.8) is 0 Å². The van der Waals surface area contributed by atoms with Crippen LogP contribution < -0.4 is 5.73 Å². The highest BCUT2D eigenvalue weighted by Crippen LogP contribution is 2.19. The lowest BCUT2D eigenvalue weighted by molar-refractivity contribution is -0.132. The zero-order valence-electron chi connectivity index (χ0n) is 8.53. The molecule has 1 fully saturated rings. The van der Waals surface area contributed by atoms with Gasteiger partial charge in [0.1, 0.15) is 0 Å². The second-order valence-corrected chi connectivity index (χ2v) is 5.61. The Balaban J connectivity index is 2.55. The van der Waals surface area contributed by atoms with Gasteiger partial charge in [0.15, 0.2) is 0 Å². The summed E-state index contributed by atoms with van der Waals surface area (Å²) in [6, 6.07) is 0. The van der Waals surface area contributed by atoms with Gasteiger partial charge >= 0.3 is 0 Å². The van der Waals surface area contributed by atoms with Gasteiger partial charge < -0.3 is 10.6 Å². The molecule has 1 aliphatic heterocycles. The van der Waals surface area contributed by atoms with Gasteiger partial charge in [-0.2, -0.15) is 11.8 Å². The molecule has 0 aromatic heterocycles. The Kier molecular flexibility index (Phi) is 4.19. The molecule has 1 rings (SSSR count). The number of thiocarbonyl (C=S) groups is 1. The van der Waals surface area contributed by atoms with Crippen LogP contribution in [-0.2, 0) is 4.79 Å². The van der Waals surface area contributed by atoms with E-state index in [0.29, 0.717) is 10.2 Å². The Morgan fingerprint density at radius 1 is 1.71 bits per heavy atom. The summed E-state index contributed by atoms with van der Waals surface area (Å²) in [5.41, 5.74) is 5.46. The lowest BCUT2D eigenvalue weighted by Crippen LogP contribution is -2.45. The number of nitrogens with zero attached hydrogens (tertiary/aromatic N) is 1. The molecule has 14 heavy (non-hydrogen) atoms. The van der Waals surface area contributed by atoms with Crippen molar-refractivity contribution in [1.29, 1.82) is 0 Å². The molecule has 2 atom stereocenters. The van der Waals surface area contributed by atoms with E-state index >= 15 is 0 Å². The third-order valence-corrected chi connectivity index (χ3v) is 3.84. The maximum atomic E-state index is 11.8. The van der Waals surface area contributed by atoms with Gasteiger partial charge in [-0.25, -0.2) is 0 Å². The second kappa shape index (κ2) is 4.98. The molecule has 1 heterocycles. The molecule has 0 radical (unpaired) electrons. The van der Waals surface area contributed by atoms with E-state index in [-0.39, 0.29) is 11.8 Å². The van der Waals surface area contributed by atoms with E-state index in [2.05, 4.69) is 6.92 Å². The lowest BCUT2D eigenvalue weighted by atomic mass is 10.1. The second-order valence-electron chi connectivity index (χ2n) is 3.59. The minimum atomic E-state index is -0.319. The number of carbonyl (C=O) groups is 1.